The Morgan fingerprint density at radius 2 is 1.59 bits per heavy atom. The molecule has 8 heteroatoms. The van der Waals surface area contributed by atoms with Crippen LogP contribution in [0.2, 0.25) is 0 Å². The lowest BCUT2D eigenvalue weighted by Gasteiger charge is -2.16. The van der Waals surface area contributed by atoms with Crippen LogP contribution in [0.15, 0.2) is 65.1 Å². The maximum Gasteiger partial charge on any atom is 0.407 e. The van der Waals surface area contributed by atoms with E-state index in [-0.39, 0.29) is 30.7 Å². The summed E-state index contributed by atoms with van der Waals surface area (Å²) < 4.78 is 10.9. The minimum absolute atomic E-state index is 0.0243. The summed E-state index contributed by atoms with van der Waals surface area (Å²) in [6, 6.07) is 18.1. The zero-order valence-corrected chi connectivity index (χ0v) is 18.9. The summed E-state index contributed by atoms with van der Waals surface area (Å²) in [4.78, 5) is 35.9. The van der Waals surface area contributed by atoms with Gasteiger partial charge < -0.3 is 24.9 Å². The van der Waals surface area contributed by atoms with Crippen LogP contribution in [0.5, 0.6) is 0 Å². The molecule has 0 radical (unpaired) electrons. The highest BCUT2D eigenvalue weighted by atomic mass is 16.5. The maximum absolute atomic E-state index is 12.3. The monoisotopic (exact) mass is 462 g/mol. The number of rotatable bonds is 8. The van der Waals surface area contributed by atoms with Crippen LogP contribution >= 0.6 is 0 Å². The molecule has 3 N–H and O–H groups in total. The Labute approximate surface area is 196 Å². The molecule has 2 aromatic carbocycles. The summed E-state index contributed by atoms with van der Waals surface area (Å²) in [6.45, 7) is 3.61. The van der Waals surface area contributed by atoms with Gasteiger partial charge in [-0.3, -0.25) is 4.79 Å². The maximum atomic E-state index is 12.3. The standard InChI is InChI=1S/C26H26N2O6/c1-15(2)23(25(30)31)28-24(29)22-12-11-16(34-22)13-27-26(32)33-14-21-19-9-5-3-7-17(19)18-8-4-6-10-20(18)21/h3-12,15,21,23H,13-14H2,1-2H3,(H,27,32)(H,28,29)(H,30,31)/t23-/m1/s1. The second-order valence-electron chi connectivity index (χ2n) is 8.48. The van der Waals surface area contributed by atoms with Crippen LogP contribution in [0.4, 0.5) is 4.79 Å². The van der Waals surface area contributed by atoms with Crippen molar-refractivity contribution in [3.8, 4) is 11.1 Å². The van der Waals surface area contributed by atoms with Crippen molar-refractivity contribution in [2.24, 2.45) is 5.92 Å². The first-order chi connectivity index (χ1) is 16.3. The van der Waals surface area contributed by atoms with Gasteiger partial charge in [0, 0.05) is 5.92 Å². The first kappa shape index (κ1) is 23.1. The average molecular weight is 463 g/mol. The number of nitrogens with one attached hydrogen (secondary N) is 2. The number of furan rings is 1. The van der Waals surface area contributed by atoms with Gasteiger partial charge in [-0.05, 0) is 40.3 Å². The molecule has 176 valence electrons. The Hall–Kier alpha value is -4.07. The van der Waals surface area contributed by atoms with Gasteiger partial charge in [-0.2, -0.15) is 0 Å². The quantitative estimate of drug-likeness (QED) is 0.463. The van der Waals surface area contributed by atoms with Crippen molar-refractivity contribution in [3.05, 3.63) is 83.3 Å². The Bertz CT molecular complexity index is 1170. The van der Waals surface area contributed by atoms with Crippen LogP contribution in [0.25, 0.3) is 11.1 Å². The van der Waals surface area contributed by atoms with Crippen LogP contribution in [0.3, 0.4) is 0 Å². The zero-order chi connectivity index (χ0) is 24.2. The van der Waals surface area contributed by atoms with E-state index in [0.29, 0.717) is 5.76 Å². The van der Waals surface area contributed by atoms with Crippen molar-refractivity contribution in [1.29, 1.82) is 0 Å². The molecule has 2 amide bonds. The Morgan fingerprint density at radius 1 is 0.971 bits per heavy atom. The molecule has 0 bridgehead atoms. The second kappa shape index (κ2) is 9.82. The number of aliphatic carboxylic acids is 1. The number of ether oxygens (including phenoxy) is 1. The van der Waals surface area contributed by atoms with Gasteiger partial charge in [0.2, 0.25) is 0 Å². The van der Waals surface area contributed by atoms with E-state index in [1.807, 2.05) is 36.4 Å². The first-order valence-electron chi connectivity index (χ1n) is 11.1. The van der Waals surface area contributed by atoms with Crippen LogP contribution in [-0.2, 0) is 16.1 Å². The number of fused-ring (bicyclic) bond motifs is 3. The van der Waals surface area contributed by atoms with Crippen LogP contribution in [0, 0.1) is 5.92 Å². The molecule has 0 aliphatic heterocycles. The van der Waals surface area contributed by atoms with E-state index in [4.69, 9.17) is 9.15 Å². The van der Waals surface area contributed by atoms with Crippen LogP contribution < -0.4 is 10.6 Å². The highest BCUT2D eigenvalue weighted by Gasteiger charge is 2.29. The summed E-state index contributed by atoms with van der Waals surface area (Å²) >= 11 is 0. The molecule has 1 aliphatic carbocycles. The number of carboxylic acids is 1. The molecule has 1 aromatic heterocycles. The largest absolute Gasteiger partial charge is 0.480 e. The molecule has 0 unspecified atom stereocenters. The van der Waals surface area contributed by atoms with Gasteiger partial charge in [0.25, 0.3) is 5.91 Å². The van der Waals surface area contributed by atoms with Crippen LogP contribution in [0.1, 0.15) is 47.2 Å². The Morgan fingerprint density at radius 3 is 2.18 bits per heavy atom. The molecule has 0 spiro atoms. The summed E-state index contributed by atoms with van der Waals surface area (Å²) in [6.07, 6.45) is -0.602. The van der Waals surface area contributed by atoms with E-state index in [9.17, 15) is 19.5 Å². The predicted octanol–water partition coefficient (Wildman–Crippen LogP) is 4.16. The molecule has 1 atom stereocenters. The normalized spacial score (nSPS) is 13.1. The summed E-state index contributed by atoms with van der Waals surface area (Å²) in [5.74, 6) is -1.77. The fourth-order valence-corrected chi connectivity index (χ4v) is 4.13. The van der Waals surface area contributed by atoms with E-state index in [1.165, 1.54) is 6.07 Å². The van der Waals surface area contributed by atoms with Crippen molar-refractivity contribution in [2.75, 3.05) is 6.61 Å². The van der Waals surface area contributed by atoms with Crippen molar-refractivity contribution >= 4 is 18.0 Å². The van der Waals surface area contributed by atoms with E-state index >= 15 is 0 Å². The van der Waals surface area contributed by atoms with Crippen molar-refractivity contribution in [1.82, 2.24) is 10.6 Å². The van der Waals surface area contributed by atoms with Gasteiger partial charge in [-0.1, -0.05) is 62.4 Å². The number of carbonyl (C=O) groups excluding carboxylic acids is 2. The molecule has 4 rings (SSSR count). The highest BCUT2D eigenvalue weighted by molar-refractivity contribution is 5.94. The van der Waals surface area contributed by atoms with Gasteiger partial charge in [0.1, 0.15) is 18.4 Å². The number of carboxylic acid groups (broad SMARTS) is 1. The van der Waals surface area contributed by atoms with Gasteiger partial charge in [0.05, 0.1) is 6.54 Å². The predicted molar refractivity (Wildman–Crippen MR) is 124 cm³/mol. The molecule has 3 aromatic rings. The van der Waals surface area contributed by atoms with E-state index < -0.39 is 24.0 Å². The van der Waals surface area contributed by atoms with Crippen molar-refractivity contribution in [2.45, 2.75) is 32.4 Å². The lowest BCUT2D eigenvalue weighted by molar-refractivity contribution is -0.140. The van der Waals surface area contributed by atoms with Gasteiger partial charge in [0.15, 0.2) is 5.76 Å². The lowest BCUT2D eigenvalue weighted by atomic mass is 9.98. The molecular weight excluding hydrogens is 436 g/mol. The third-order valence-electron chi connectivity index (χ3n) is 5.86. The number of benzene rings is 2. The van der Waals surface area contributed by atoms with Gasteiger partial charge >= 0.3 is 12.1 Å². The van der Waals surface area contributed by atoms with Crippen molar-refractivity contribution < 1.29 is 28.6 Å². The highest BCUT2D eigenvalue weighted by Crippen LogP contribution is 2.44. The van der Waals surface area contributed by atoms with E-state index in [1.54, 1.807) is 19.9 Å². The number of alkyl carbamates (subject to hydrolysis) is 1. The smallest absolute Gasteiger partial charge is 0.407 e. The Balaban J connectivity index is 1.31. The lowest BCUT2D eigenvalue weighted by Crippen LogP contribution is -2.44. The van der Waals surface area contributed by atoms with Crippen LogP contribution in [-0.4, -0.2) is 35.7 Å². The van der Waals surface area contributed by atoms with E-state index in [2.05, 4.69) is 22.8 Å². The molecule has 0 fully saturated rings. The number of carbonyl (C=O) groups is 3. The number of hydrogen-bond donors (Lipinski definition) is 3. The third-order valence-corrected chi connectivity index (χ3v) is 5.86. The Kier molecular flexibility index (Phi) is 6.67. The molecule has 8 nitrogen and oxygen atoms in total. The minimum atomic E-state index is -1.12. The molecule has 0 saturated heterocycles. The zero-order valence-electron chi connectivity index (χ0n) is 18.9. The topological polar surface area (TPSA) is 118 Å². The van der Waals surface area contributed by atoms with E-state index in [0.717, 1.165) is 22.3 Å². The molecular formula is C26H26N2O6. The number of hydrogen-bond acceptors (Lipinski definition) is 5. The third kappa shape index (κ3) is 4.80. The van der Waals surface area contributed by atoms with Gasteiger partial charge in [-0.15, -0.1) is 0 Å². The first-order valence-corrected chi connectivity index (χ1v) is 11.1. The molecule has 34 heavy (non-hydrogen) atoms. The summed E-state index contributed by atoms with van der Waals surface area (Å²) in [5, 5.41) is 14.3. The average Bonchev–Trinajstić information content (AvgIpc) is 3.42. The number of amides is 2. The molecule has 1 heterocycles. The van der Waals surface area contributed by atoms with Crippen molar-refractivity contribution in [3.63, 3.8) is 0 Å². The summed E-state index contributed by atoms with van der Waals surface area (Å²) in [5.41, 5.74) is 4.55. The minimum Gasteiger partial charge on any atom is -0.480 e. The molecule has 1 aliphatic rings. The molecule has 0 saturated carbocycles. The SMILES string of the molecule is CC(C)[C@@H](NC(=O)c1ccc(CNC(=O)OCC2c3ccccc3-c3ccccc32)o1)C(=O)O. The fraction of sp³-hybridized carbons (Fsp3) is 0.269. The van der Waals surface area contributed by atoms with Gasteiger partial charge in [-0.25, -0.2) is 9.59 Å². The second-order valence-corrected chi connectivity index (χ2v) is 8.48. The fourth-order valence-electron chi connectivity index (χ4n) is 4.13. The summed E-state index contributed by atoms with van der Waals surface area (Å²) in [7, 11) is 0.